The first-order valence-corrected chi connectivity index (χ1v) is 11.9. The quantitative estimate of drug-likeness (QED) is 0.163. The largest absolute Gasteiger partial charge is 0.481 e. The Morgan fingerprint density at radius 1 is 0.593 bits per heavy atom. The lowest BCUT2D eigenvalue weighted by molar-refractivity contribution is -0.146. The van der Waals surface area contributed by atoms with Crippen molar-refractivity contribution in [3.63, 3.8) is 0 Å². The first-order chi connectivity index (χ1) is 13.1. The van der Waals surface area contributed by atoms with Crippen molar-refractivity contribution in [1.82, 2.24) is 0 Å². The van der Waals surface area contributed by atoms with Gasteiger partial charge in [0.25, 0.3) is 0 Å². The third-order valence-corrected chi connectivity index (χ3v) is 5.56. The van der Waals surface area contributed by atoms with E-state index >= 15 is 0 Å². The van der Waals surface area contributed by atoms with Crippen LogP contribution in [0.3, 0.4) is 0 Å². The van der Waals surface area contributed by atoms with Crippen LogP contribution in [0.15, 0.2) is 0 Å². The molecule has 0 aromatic rings. The molecule has 0 aliphatic rings. The highest BCUT2D eigenvalue weighted by molar-refractivity contribution is 5.98. The molecule has 3 nitrogen and oxygen atoms in total. The van der Waals surface area contributed by atoms with Gasteiger partial charge in [-0.25, -0.2) is 0 Å². The summed E-state index contributed by atoms with van der Waals surface area (Å²) < 4.78 is 0. The number of unbranched alkanes of at least 4 members (excludes halogenated alkanes) is 15. The van der Waals surface area contributed by atoms with Crippen LogP contribution in [-0.4, -0.2) is 16.9 Å². The Morgan fingerprint density at radius 2 is 0.963 bits per heavy atom. The molecule has 0 amide bonds. The average molecular weight is 383 g/mol. The third kappa shape index (κ3) is 17.0. The maximum absolute atomic E-state index is 12.2. The van der Waals surface area contributed by atoms with Crippen LogP contribution in [0.25, 0.3) is 0 Å². The fraction of sp³-hybridized carbons (Fsp3) is 0.917. The van der Waals surface area contributed by atoms with E-state index in [1.54, 1.807) is 0 Å². The fourth-order valence-electron chi connectivity index (χ4n) is 3.69. The van der Waals surface area contributed by atoms with Crippen LogP contribution in [0, 0.1) is 5.92 Å². The molecule has 1 atom stereocenters. The summed E-state index contributed by atoms with van der Waals surface area (Å²) in [5.74, 6) is -1.73. The van der Waals surface area contributed by atoms with E-state index in [0.29, 0.717) is 12.8 Å². The number of hydrogen-bond donors (Lipinski definition) is 1. The fourth-order valence-corrected chi connectivity index (χ4v) is 3.69. The first kappa shape index (κ1) is 26.1. The van der Waals surface area contributed by atoms with Crippen molar-refractivity contribution in [1.29, 1.82) is 0 Å². The van der Waals surface area contributed by atoms with Crippen LogP contribution in [0.5, 0.6) is 0 Å². The van der Waals surface area contributed by atoms with E-state index in [-0.39, 0.29) is 5.78 Å². The summed E-state index contributed by atoms with van der Waals surface area (Å²) in [6, 6.07) is 0. The van der Waals surface area contributed by atoms with Crippen LogP contribution in [0.2, 0.25) is 0 Å². The van der Waals surface area contributed by atoms with E-state index in [1.165, 1.54) is 83.5 Å². The molecule has 0 aromatic heterocycles. The van der Waals surface area contributed by atoms with E-state index in [0.717, 1.165) is 25.7 Å². The van der Waals surface area contributed by atoms with E-state index in [9.17, 15) is 14.7 Å². The zero-order valence-electron chi connectivity index (χ0n) is 18.3. The number of carbonyl (C=O) groups is 2. The van der Waals surface area contributed by atoms with Crippen LogP contribution in [0.4, 0.5) is 0 Å². The number of aliphatic carboxylic acids is 1. The highest BCUT2D eigenvalue weighted by atomic mass is 16.4. The van der Waals surface area contributed by atoms with Gasteiger partial charge < -0.3 is 5.11 Å². The van der Waals surface area contributed by atoms with Gasteiger partial charge >= 0.3 is 5.97 Å². The molecular weight excluding hydrogens is 336 g/mol. The molecule has 0 radical (unpaired) electrons. The lowest BCUT2D eigenvalue weighted by Gasteiger charge is -2.11. The van der Waals surface area contributed by atoms with E-state index in [4.69, 9.17) is 0 Å². The van der Waals surface area contributed by atoms with E-state index < -0.39 is 11.9 Å². The van der Waals surface area contributed by atoms with Gasteiger partial charge in [-0.1, -0.05) is 117 Å². The second-order valence-corrected chi connectivity index (χ2v) is 8.20. The lowest BCUT2D eigenvalue weighted by atomic mass is 9.93. The minimum Gasteiger partial charge on any atom is -0.481 e. The van der Waals surface area contributed by atoms with Gasteiger partial charge in [0.1, 0.15) is 11.7 Å². The molecule has 0 aromatic carbocycles. The Balaban J connectivity index is 3.69. The first-order valence-electron chi connectivity index (χ1n) is 11.9. The Morgan fingerprint density at radius 3 is 1.37 bits per heavy atom. The monoisotopic (exact) mass is 382 g/mol. The van der Waals surface area contributed by atoms with Gasteiger partial charge in [-0.05, 0) is 12.8 Å². The van der Waals surface area contributed by atoms with Crippen molar-refractivity contribution < 1.29 is 14.7 Å². The van der Waals surface area contributed by atoms with Crippen LogP contribution >= 0.6 is 0 Å². The third-order valence-electron chi connectivity index (χ3n) is 5.56. The van der Waals surface area contributed by atoms with Crippen molar-refractivity contribution in [3.8, 4) is 0 Å². The summed E-state index contributed by atoms with van der Waals surface area (Å²) in [6.45, 7) is 4.45. The molecule has 0 heterocycles. The maximum atomic E-state index is 12.2. The second kappa shape index (κ2) is 19.9. The summed E-state index contributed by atoms with van der Waals surface area (Å²) in [6.07, 6.45) is 21.4. The van der Waals surface area contributed by atoms with Crippen molar-refractivity contribution in [2.75, 3.05) is 0 Å². The maximum Gasteiger partial charge on any atom is 0.314 e. The van der Waals surface area contributed by atoms with Gasteiger partial charge in [0, 0.05) is 6.42 Å². The average Bonchev–Trinajstić information content (AvgIpc) is 2.65. The zero-order valence-corrected chi connectivity index (χ0v) is 18.3. The molecule has 0 fully saturated rings. The standard InChI is InChI=1S/C24H46O3/c1-3-5-7-9-11-13-15-17-19-21-23(25)22(24(26)27)20-18-16-14-12-10-8-6-4-2/h22H,3-21H2,1-2H3,(H,26,27)/t22-/m1/s1. The summed E-state index contributed by atoms with van der Waals surface area (Å²) in [5, 5.41) is 9.37. The van der Waals surface area contributed by atoms with Gasteiger partial charge in [0.15, 0.2) is 0 Å². The Hall–Kier alpha value is -0.860. The molecule has 0 aliphatic heterocycles. The number of hydrogen-bond acceptors (Lipinski definition) is 2. The van der Waals surface area contributed by atoms with E-state index in [1.807, 2.05) is 0 Å². The Bertz CT molecular complexity index is 352. The zero-order chi connectivity index (χ0) is 20.2. The Kier molecular flexibility index (Phi) is 19.3. The molecule has 1 N–H and O–H groups in total. The minimum atomic E-state index is -0.918. The highest BCUT2D eigenvalue weighted by Gasteiger charge is 2.24. The van der Waals surface area contributed by atoms with Crippen molar-refractivity contribution in [2.24, 2.45) is 5.92 Å². The normalized spacial score (nSPS) is 12.2. The smallest absolute Gasteiger partial charge is 0.314 e. The van der Waals surface area contributed by atoms with Gasteiger partial charge in [-0.3, -0.25) is 9.59 Å². The molecule has 0 bridgehead atoms. The minimum absolute atomic E-state index is 0.0478. The predicted molar refractivity (Wildman–Crippen MR) is 115 cm³/mol. The summed E-state index contributed by atoms with van der Waals surface area (Å²) in [5.41, 5.74) is 0. The molecule has 160 valence electrons. The van der Waals surface area contributed by atoms with E-state index in [2.05, 4.69) is 13.8 Å². The highest BCUT2D eigenvalue weighted by Crippen LogP contribution is 2.18. The predicted octanol–water partition coefficient (Wildman–Crippen LogP) is 7.71. The molecule has 0 aliphatic carbocycles. The molecule has 3 heteroatoms. The SMILES string of the molecule is CCCCCCCCCCCC(=O)[C@@H](CCCCCCCCCC)C(=O)O. The van der Waals surface area contributed by atoms with Gasteiger partial charge in [0.05, 0.1) is 0 Å². The van der Waals surface area contributed by atoms with Crippen LogP contribution in [-0.2, 0) is 9.59 Å². The van der Waals surface area contributed by atoms with Crippen molar-refractivity contribution >= 4 is 11.8 Å². The Labute approximate surface area is 168 Å². The number of ketones is 1. The number of carboxylic acid groups (broad SMARTS) is 1. The molecule has 0 spiro atoms. The molecule has 0 rings (SSSR count). The van der Waals surface area contributed by atoms with Gasteiger partial charge in [-0.2, -0.15) is 0 Å². The van der Waals surface area contributed by atoms with Crippen LogP contribution in [0.1, 0.15) is 136 Å². The number of Topliss-reactive ketones (excluding diaryl/α,β-unsaturated/α-hetero) is 1. The molecule has 0 saturated carbocycles. The molecular formula is C24H46O3. The molecule has 0 unspecified atom stereocenters. The number of carboxylic acids is 1. The summed E-state index contributed by atoms with van der Waals surface area (Å²) in [7, 11) is 0. The van der Waals surface area contributed by atoms with Crippen LogP contribution < -0.4 is 0 Å². The van der Waals surface area contributed by atoms with Crippen molar-refractivity contribution in [2.45, 2.75) is 136 Å². The number of rotatable bonds is 21. The van der Waals surface area contributed by atoms with Gasteiger partial charge in [0.2, 0.25) is 0 Å². The molecule has 0 saturated heterocycles. The topological polar surface area (TPSA) is 54.4 Å². The summed E-state index contributed by atoms with van der Waals surface area (Å²) >= 11 is 0. The number of carbonyl (C=O) groups excluding carboxylic acids is 1. The van der Waals surface area contributed by atoms with Gasteiger partial charge in [-0.15, -0.1) is 0 Å². The summed E-state index contributed by atoms with van der Waals surface area (Å²) in [4.78, 5) is 23.7. The molecule has 27 heavy (non-hydrogen) atoms. The lowest BCUT2D eigenvalue weighted by Crippen LogP contribution is -2.23. The second-order valence-electron chi connectivity index (χ2n) is 8.20. The van der Waals surface area contributed by atoms with Crippen molar-refractivity contribution in [3.05, 3.63) is 0 Å².